The molecule has 0 N–H and O–H groups in total. The van der Waals surface area contributed by atoms with E-state index >= 15 is 0 Å². The third-order valence-corrected chi connectivity index (χ3v) is 3.83. The first-order chi connectivity index (χ1) is 10.7. The maximum absolute atomic E-state index is 12.6. The number of ether oxygens (including phenoxy) is 1. The fourth-order valence-corrected chi connectivity index (χ4v) is 2.50. The van der Waals surface area contributed by atoms with Crippen molar-refractivity contribution in [3.05, 3.63) is 40.3 Å². The zero-order chi connectivity index (χ0) is 15.9. The molecule has 2 heterocycles. The van der Waals surface area contributed by atoms with Crippen LogP contribution in [0.4, 0.5) is 0 Å². The summed E-state index contributed by atoms with van der Waals surface area (Å²) in [6, 6.07) is 5.54. The number of pyridine rings is 1. The number of rotatable bonds is 8. The van der Waals surface area contributed by atoms with Gasteiger partial charge >= 0.3 is 0 Å². The molecule has 0 aromatic carbocycles. The van der Waals surface area contributed by atoms with Crippen molar-refractivity contribution in [2.75, 3.05) is 26.2 Å². The van der Waals surface area contributed by atoms with Crippen molar-refractivity contribution in [3.8, 4) is 5.88 Å². The number of hydrogen-bond acceptors (Lipinski definition) is 4. The molecule has 0 saturated heterocycles. The Morgan fingerprint density at radius 2 is 1.96 bits per heavy atom. The van der Waals surface area contributed by atoms with Crippen LogP contribution >= 0.6 is 12.4 Å². The normalized spacial score (nSPS) is 10.8. The number of aromatic nitrogens is 2. The van der Waals surface area contributed by atoms with Crippen molar-refractivity contribution >= 4 is 18.1 Å². The van der Waals surface area contributed by atoms with Crippen LogP contribution in [-0.4, -0.2) is 40.5 Å². The molecule has 5 nitrogen and oxygen atoms in total. The van der Waals surface area contributed by atoms with Crippen molar-refractivity contribution in [3.63, 3.8) is 0 Å². The second kappa shape index (κ2) is 9.53. The topological polar surface area (TPSA) is 46.8 Å². The number of fused-ring (bicyclic) bond motifs is 1. The van der Waals surface area contributed by atoms with Crippen molar-refractivity contribution < 1.29 is 4.74 Å². The molecule has 0 fully saturated rings. The van der Waals surface area contributed by atoms with Gasteiger partial charge in [0.2, 0.25) is 5.88 Å². The maximum atomic E-state index is 12.6. The average molecular weight is 340 g/mol. The Morgan fingerprint density at radius 1 is 1.22 bits per heavy atom. The molecule has 0 amide bonds. The molecule has 0 bridgehead atoms. The molecule has 0 aliphatic rings. The van der Waals surface area contributed by atoms with Gasteiger partial charge in [0.05, 0.1) is 5.56 Å². The SMILES string of the molecule is CCCc1c(OCCN(CC)CC)nc2ccccn2c1=O.Cl. The molecule has 23 heavy (non-hydrogen) atoms. The second-order valence-corrected chi connectivity index (χ2v) is 5.25. The molecule has 0 saturated carbocycles. The largest absolute Gasteiger partial charge is 0.476 e. The van der Waals surface area contributed by atoms with Crippen LogP contribution in [0.3, 0.4) is 0 Å². The van der Waals surface area contributed by atoms with Crippen LogP contribution in [0.25, 0.3) is 5.65 Å². The van der Waals surface area contributed by atoms with E-state index in [1.807, 2.05) is 18.2 Å². The van der Waals surface area contributed by atoms with Crippen molar-refractivity contribution in [2.24, 2.45) is 0 Å². The second-order valence-electron chi connectivity index (χ2n) is 5.25. The van der Waals surface area contributed by atoms with Gasteiger partial charge in [-0.05, 0) is 31.6 Å². The van der Waals surface area contributed by atoms with E-state index in [0.29, 0.717) is 30.1 Å². The van der Waals surface area contributed by atoms with Gasteiger partial charge in [0, 0.05) is 12.7 Å². The van der Waals surface area contributed by atoms with Crippen LogP contribution in [0.1, 0.15) is 32.8 Å². The number of nitrogens with zero attached hydrogens (tertiary/aromatic N) is 3. The molecule has 0 atom stereocenters. The molecule has 0 spiro atoms. The maximum Gasteiger partial charge on any atom is 0.264 e. The molecule has 2 aromatic rings. The van der Waals surface area contributed by atoms with Crippen LogP contribution < -0.4 is 10.3 Å². The first kappa shape index (κ1) is 19.5. The minimum Gasteiger partial charge on any atom is -0.476 e. The van der Waals surface area contributed by atoms with Gasteiger partial charge in [-0.15, -0.1) is 12.4 Å². The van der Waals surface area contributed by atoms with E-state index in [9.17, 15) is 4.79 Å². The van der Waals surface area contributed by atoms with Crippen LogP contribution in [0.15, 0.2) is 29.2 Å². The highest BCUT2D eigenvalue weighted by molar-refractivity contribution is 5.85. The fourth-order valence-electron chi connectivity index (χ4n) is 2.50. The van der Waals surface area contributed by atoms with E-state index in [-0.39, 0.29) is 18.0 Å². The minimum absolute atomic E-state index is 0. The third-order valence-electron chi connectivity index (χ3n) is 3.83. The van der Waals surface area contributed by atoms with Gasteiger partial charge in [-0.2, -0.15) is 4.98 Å². The highest BCUT2D eigenvalue weighted by Gasteiger charge is 2.13. The lowest BCUT2D eigenvalue weighted by Crippen LogP contribution is -2.29. The predicted octanol–water partition coefficient (Wildman–Crippen LogP) is 2.79. The lowest BCUT2D eigenvalue weighted by molar-refractivity contribution is 0.216. The predicted molar refractivity (Wildman–Crippen MR) is 96.0 cm³/mol. The standard InChI is InChI=1S/C17H25N3O2.ClH/c1-4-9-14-16(22-13-12-19(5-2)6-3)18-15-10-7-8-11-20(15)17(14)21;/h7-8,10-11H,4-6,9,12-13H2,1-3H3;1H. The van der Waals surface area contributed by atoms with Gasteiger partial charge in [-0.25, -0.2) is 0 Å². The molecule has 6 heteroatoms. The zero-order valence-corrected chi connectivity index (χ0v) is 14.9. The van der Waals surface area contributed by atoms with Gasteiger partial charge in [0.1, 0.15) is 12.3 Å². The number of likely N-dealkylation sites (N-methyl/N-ethyl adjacent to an activating group) is 1. The molecule has 0 aliphatic heterocycles. The lowest BCUT2D eigenvalue weighted by atomic mass is 10.2. The van der Waals surface area contributed by atoms with Gasteiger partial charge in [0.25, 0.3) is 5.56 Å². The molecule has 2 rings (SSSR count). The van der Waals surface area contributed by atoms with E-state index in [1.165, 1.54) is 0 Å². The van der Waals surface area contributed by atoms with E-state index < -0.39 is 0 Å². The van der Waals surface area contributed by atoms with E-state index in [0.717, 1.165) is 26.1 Å². The summed E-state index contributed by atoms with van der Waals surface area (Å²) in [6.45, 7) is 9.70. The quantitative estimate of drug-likeness (QED) is 0.742. The lowest BCUT2D eigenvalue weighted by Gasteiger charge is -2.18. The molecule has 0 aliphatic carbocycles. The van der Waals surface area contributed by atoms with Crippen LogP contribution in [0.5, 0.6) is 5.88 Å². The summed E-state index contributed by atoms with van der Waals surface area (Å²) in [6.07, 6.45) is 3.33. The summed E-state index contributed by atoms with van der Waals surface area (Å²) in [7, 11) is 0. The summed E-state index contributed by atoms with van der Waals surface area (Å²) >= 11 is 0. The highest BCUT2D eigenvalue weighted by atomic mass is 35.5. The van der Waals surface area contributed by atoms with E-state index in [1.54, 1.807) is 10.6 Å². The summed E-state index contributed by atoms with van der Waals surface area (Å²) in [5.41, 5.74) is 1.28. The van der Waals surface area contributed by atoms with E-state index in [4.69, 9.17) is 4.74 Å². The summed E-state index contributed by atoms with van der Waals surface area (Å²) < 4.78 is 7.43. The Kier molecular flexibility index (Phi) is 8.06. The van der Waals surface area contributed by atoms with Crippen molar-refractivity contribution in [1.29, 1.82) is 0 Å². The highest BCUT2D eigenvalue weighted by Crippen LogP contribution is 2.15. The Morgan fingerprint density at radius 3 is 2.61 bits per heavy atom. The van der Waals surface area contributed by atoms with Gasteiger partial charge in [0.15, 0.2) is 0 Å². The Balaban J connectivity index is 0.00000264. The first-order valence-corrected chi connectivity index (χ1v) is 8.06. The molecular formula is C17H26ClN3O2. The van der Waals surface area contributed by atoms with Crippen molar-refractivity contribution in [2.45, 2.75) is 33.6 Å². The van der Waals surface area contributed by atoms with Crippen LogP contribution in [0.2, 0.25) is 0 Å². The summed E-state index contributed by atoms with van der Waals surface area (Å²) in [5, 5.41) is 0. The van der Waals surface area contributed by atoms with Crippen LogP contribution in [0, 0.1) is 0 Å². The van der Waals surface area contributed by atoms with Gasteiger partial charge < -0.3 is 9.64 Å². The summed E-state index contributed by atoms with van der Waals surface area (Å²) in [5.74, 6) is 0.491. The van der Waals surface area contributed by atoms with E-state index in [2.05, 4.69) is 30.7 Å². The molecule has 2 aromatic heterocycles. The monoisotopic (exact) mass is 339 g/mol. The molecular weight excluding hydrogens is 314 g/mol. The Labute approximate surface area is 143 Å². The molecule has 0 radical (unpaired) electrons. The number of hydrogen-bond donors (Lipinski definition) is 0. The average Bonchev–Trinajstić information content (AvgIpc) is 2.55. The fraction of sp³-hybridized carbons (Fsp3) is 0.529. The van der Waals surface area contributed by atoms with Gasteiger partial charge in [-0.1, -0.05) is 33.3 Å². The molecule has 0 unspecified atom stereocenters. The Hall–Kier alpha value is -1.59. The Bertz CT molecular complexity index is 668. The number of halogens is 1. The van der Waals surface area contributed by atoms with Crippen molar-refractivity contribution in [1.82, 2.24) is 14.3 Å². The van der Waals surface area contributed by atoms with Crippen LogP contribution in [-0.2, 0) is 6.42 Å². The van der Waals surface area contributed by atoms with Gasteiger partial charge in [-0.3, -0.25) is 9.20 Å². The zero-order valence-electron chi connectivity index (χ0n) is 14.1. The first-order valence-electron chi connectivity index (χ1n) is 8.06. The summed E-state index contributed by atoms with van der Waals surface area (Å²) in [4.78, 5) is 19.4. The third kappa shape index (κ3) is 4.69. The molecule has 128 valence electrons. The smallest absolute Gasteiger partial charge is 0.264 e. The minimum atomic E-state index is -0.0229.